The van der Waals surface area contributed by atoms with Gasteiger partial charge in [0, 0.05) is 24.5 Å². The van der Waals surface area contributed by atoms with Crippen molar-refractivity contribution < 1.29 is 24.3 Å². The largest absolute Gasteiger partial charge is 0.480 e. The summed E-state index contributed by atoms with van der Waals surface area (Å²) in [5.41, 5.74) is 1.38. The Hall–Kier alpha value is -2.92. The minimum atomic E-state index is -1.40. The second-order valence-corrected chi connectivity index (χ2v) is 11.1. The highest BCUT2D eigenvalue weighted by molar-refractivity contribution is 7.14. The number of rotatable bonds is 7. The quantitative estimate of drug-likeness (QED) is 0.396. The molecule has 1 aliphatic rings. The molecule has 3 N–H and O–H groups in total. The molecule has 3 aromatic rings. The second-order valence-electron chi connectivity index (χ2n) is 8.12. The van der Waals surface area contributed by atoms with Gasteiger partial charge in [-0.2, -0.15) is 0 Å². The minimum Gasteiger partial charge on any atom is -0.480 e. The van der Waals surface area contributed by atoms with Crippen LogP contribution in [0.1, 0.15) is 45.7 Å². The maximum atomic E-state index is 13.0. The summed E-state index contributed by atoms with van der Waals surface area (Å²) in [6, 6.07) is 7.20. The highest BCUT2D eigenvalue weighted by atomic mass is 35.5. The normalized spacial score (nSPS) is 13.6. The van der Waals surface area contributed by atoms with E-state index in [0.717, 1.165) is 10.4 Å². The van der Waals surface area contributed by atoms with Gasteiger partial charge in [0.15, 0.2) is 0 Å². The standard InChI is InChI=1S/C24H21Cl2N3O5S2/c1-12-4-5-18(36-12)23(32)29-7-6-14-13(11-29)9-15(25)19(20(14)26)22(31)28-16(24(33)34)10-27-21(30)17-3-2-8-35-17/h2-5,8-9,16H,6-7,10-11H2,1H3,(H,27,30)(H,28,31)(H,33,34)/t16-/m0/s1. The molecule has 0 bridgehead atoms. The van der Waals surface area contributed by atoms with Crippen molar-refractivity contribution in [2.45, 2.75) is 25.9 Å². The van der Waals surface area contributed by atoms with Crippen LogP contribution in [0, 0.1) is 6.92 Å². The van der Waals surface area contributed by atoms with Gasteiger partial charge < -0.3 is 20.6 Å². The summed E-state index contributed by atoms with van der Waals surface area (Å²) in [5.74, 6) is -2.61. The fraction of sp³-hybridized carbons (Fsp3) is 0.250. The van der Waals surface area contributed by atoms with Crippen LogP contribution in [0.5, 0.6) is 0 Å². The van der Waals surface area contributed by atoms with Crippen LogP contribution >= 0.6 is 45.9 Å². The molecule has 0 aliphatic carbocycles. The van der Waals surface area contributed by atoms with Crippen LogP contribution in [0.25, 0.3) is 0 Å². The van der Waals surface area contributed by atoms with Gasteiger partial charge in [-0.3, -0.25) is 14.4 Å². The number of nitrogens with one attached hydrogen (secondary N) is 2. The lowest BCUT2D eigenvalue weighted by Gasteiger charge is -2.30. The Kier molecular flexibility index (Phi) is 7.99. The van der Waals surface area contributed by atoms with E-state index in [1.165, 1.54) is 22.7 Å². The van der Waals surface area contributed by atoms with E-state index >= 15 is 0 Å². The van der Waals surface area contributed by atoms with Gasteiger partial charge in [-0.25, -0.2) is 4.79 Å². The Balaban J connectivity index is 1.48. The number of fused-ring (bicyclic) bond motifs is 1. The number of aliphatic carboxylic acids is 1. The smallest absolute Gasteiger partial charge is 0.328 e. The van der Waals surface area contributed by atoms with Crippen molar-refractivity contribution in [1.29, 1.82) is 0 Å². The first-order valence-corrected chi connectivity index (χ1v) is 13.3. The van der Waals surface area contributed by atoms with Gasteiger partial charge in [-0.15, -0.1) is 22.7 Å². The molecular formula is C24H21Cl2N3O5S2. The van der Waals surface area contributed by atoms with Crippen molar-refractivity contribution in [3.05, 3.63) is 77.1 Å². The molecule has 12 heteroatoms. The molecule has 3 amide bonds. The molecule has 0 radical (unpaired) electrons. The molecule has 0 saturated heterocycles. The fourth-order valence-electron chi connectivity index (χ4n) is 3.86. The zero-order valence-corrected chi connectivity index (χ0v) is 22.1. The van der Waals surface area contributed by atoms with E-state index in [-0.39, 0.29) is 28.1 Å². The molecule has 0 unspecified atom stereocenters. The third-order valence-electron chi connectivity index (χ3n) is 5.69. The molecule has 0 saturated carbocycles. The van der Waals surface area contributed by atoms with Crippen LogP contribution in [-0.2, 0) is 17.8 Å². The van der Waals surface area contributed by atoms with E-state index in [0.29, 0.717) is 34.8 Å². The molecule has 4 rings (SSSR count). The average molecular weight is 566 g/mol. The number of aryl methyl sites for hydroxylation is 1. The predicted octanol–water partition coefficient (Wildman–Crippen LogP) is 4.24. The van der Waals surface area contributed by atoms with Crippen molar-refractivity contribution in [3.63, 3.8) is 0 Å². The molecule has 36 heavy (non-hydrogen) atoms. The number of carbonyl (C=O) groups excluding carboxylic acids is 3. The number of carboxylic acids is 1. The van der Waals surface area contributed by atoms with Crippen molar-refractivity contribution in [3.8, 4) is 0 Å². The number of hydrogen-bond donors (Lipinski definition) is 3. The fourth-order valence-corrected chi connectivity index (χ4v) is 6.10. The Labute approximate surface area is 224 Å². The number of carbonyl (C=O) groups is 4. The molecular weight excluding hydrogens is 545 g/mol. The van der Waals surface area contributed by atoms with Crippen molar-refractivity contribution in [1.82, 2.24) is 15.5 Å². The third-order valence-corrected chi connectivity index (χ3v) is 8.26. The van der Waals surface area contributed by atoms with Crippen molar-refractivity contribution in [2.75, 3.05) is 13.1 Å². The van der Waals surface area contributed by atoms with Gasteiger partial charge in [0.2, 0.25) is 0 Å². The molecule has 0 fully saturated rings. The molecule has 188 valence electrons. The summed E-state index contributed by atoms with van der Waals surface area (Å²) in [7, 11) is 0. The lowest BCUT2D eigenvalue weighted by Crippen LogP contribution is -2.48. The number of carboxylic acid groups (broad SMARTS) is 1. The molecule has 0 spiro atoms. The molecule has 1 aliphatic heterocycles. The van der Waals surface area contributed by atoms with Crippen LogP contribution in [0.4, 0.5) is 0 Å². The van der Waals surface area contributed by atoms with E-state index < -0.39 is 23.8 Å². The second kappa shape index (κ2) is 11.0. The van der Waals surface area contributed by atoms with Gasteiger partial charge in [-0.05, 0) is 54.1 Å². The summed E-state index contributed by atoms with van der Waals surface area (Å²) < 4.78 is 0. The summed E-state index contributed by atoms with van der Waals surface area (Å²) in [6.07, 6.45) is 0.418. The Bertz CT molecular complexity index is 1340. The maximum Gasteiger partial charge on any atom is 0.328 e. The van der Waals surface area contributed by atoms with Gasteiger partial charge in [0.25, 0.3) is 17.7 Å². The van der Waals surface area contributed by atoms with Crippen molar-refractivity contribution in [2.24, 2.45) is 0 Å². The lowest BCUT2D eigenvalue weighted by molar-refractivity contribution is -0.139. The number of benzene rings is 1. The molecule has 1 aromatic carbocycles. The number of amides is 3. The Morgan fingerprint density at radius 2 is 1.92 bits per heavy atom. The summed E-state index contributed by atoms with van der Waals surface area (Å²) in [4.78, 5) is 53.6. The third kappa shape index (κ3) is 5.57. The zero-order valence-electron chi connectivity index (χ0n) is 19.0. The average Bonchev–Trinajstić information content (AvgIpc) is 3.52. The summed E-state index contributed by atoms with van der Waals surface area (Å²) in [5, 5.41) is 16.3. The Morgan fingerprint density at radius 3 is 2.56 bits per heavy atom. The van der Waals surface area contributed by atoms with E-state index in [2.05, 4.69) is 10.6 Å². The molecule has 3 heterocycles. The number of thiophene rings is 2. The SMILES string of the molecule is Cc1ccc(C(=O)N2CCc3c(cc(Cl)c(C(=O)N[C@@H](CNC(=O)c4cccs4)C(=O)O)c3Cl)C2)s1. The van der Waals surface area contributed by atoms with Crippen LogP contribution in [0.3, 0.4) is 0 Å². The van der Waals surface area contributed by atoms with Crippen molar-refractivity contribution >= 4 is 69.6 Å². The monoisotopic (exact) mass is 565 g/mol. The van der Waals surface area contributed by atoms with Gasteiger partial charge in [0.05, 0.1) is 25.4 Å². The molecule has 8 nitrogen and oxygen atoms in total. The van der Waals surface area contributed by atoms with Gasteiger partial charge in [-0.1, -0.05) is 29.3 Å². The van der Waals surface area contributed by atoms with E-state index in [9.17, 15) is 24.3 Å². The maximum absolute atomic E-state index is 13.0. The van der Waals surface area contributed by atoms with Gasteiger partial charge >= 0.3 is 5.97 Å². The minimum absolute atomic E-state index is 0.0402. The highest BCUT2D eigenvalue weighted by Crippen LogP contribution is 2.35. The number of nitrogens with zero attached hydrogens (tertiary/aromatic N) is 1. The van der Waals surface area contributed by atoms with Crippen LogP contribution < -0.4 is 10.6 Å². The first-order valence-electron chi connectivity index (χ1n) is 10.9. The highest BCUT2D eigenvalue weighted by Gasteiger charge is 2.30. The number of halogens is 2. The van der Waals surface area contributed by atoms with Crippen LogP contribution in [0.15, 0.2) is 35.7 Å². The first-order chi connectivity index (χ1) is 17.2. The number of hydrogen-bond acceptors (Lipinski definition) is 6. The lowest BCUT2D eigenvalue weighted by atomic mass is 9.96. The predicted molar refractivity (Wildman–Crippen MR) is 140 cm³/mol. The first kappa shape index (κ1) is 26.2. The molecule has 2 aromatic heterocycles. The van der Waals surface area contributed by atoms with Crippen LogP contribution in [0.2, 0.25) is 10.0 Å². The summed E-state index contributed by atoms with van der Waals surface area (Å²) >= 11 is 15.6. The Morgan fingerprint density at radius 1 is 1.14 bits per heavy atom. The van der Waals surface area contributed by atoms with E-state index in [1.807, 2.05) is 13.0 Å². The van der Waals surface area contributed by atoms with Crippen LogP contribution in [-0.4, -0.2) is 52.8 Å². The zero-order chi connectivity index (χ0) is 26.0. The topological polar surface area (TPSA) is 116 Å². The molecule has 1 atom stereocenters. The summed E-state index contributed by atoms with van der Waals surface area (Å²) in [6.45, 7) is 2.32. The van der Waals surface area contributed by atoms with Gasteiger partial charge in [0.1, 0.15) is 6.04 Å². The van der Waals surface area contributed by atoms with E-state index in [1.54, 1.807) is 34.5 Å². The van der Waals surface area contributed by atoms with E-state index in [4.69, 9.17) is 23.2 Å².